The van der Waals surface area contributed by atoms with Crippen molar-refractivity contribution >= 4 is 5.97 Å². The smallest absolute Gasteiger partial charge is 0.331 e. The molecule has 4 aliphatic carbocycles. The standard InChI is InChI=1S/C36H54O14/c1-17-29(50-31-27(41)26(40)25(39)22(15-37)49-31)30(45-4)28(42)32(47-17)48-20-6-9-33(2)19(14-20)5-11-35(43)23(33)8-10-34(3)21(7-12-36(34,35)44)18-13-24(38)46-16-18/h7,13,17,19-20,22-23,25-32,37,39-44H,5-6,8-12,14-16H2,1-4H3/t17-,19-,20+,22-,23-,25-,26+,27-,28+,29+,30-,31+,32+,33+,34-,35+,36-/m1/s1. The van der Waals surface area contributed by atoms with Crippen molar-refractivity contribution in [3.8, 4) is 0 Å². The molecule has 2 saturated heterocycles. The lowest BCUT2D eigenvalue weighted by molar-refractivity contribution is -0.362. The molecule has 0 bridgehead atoms. The van der Waals surface area contributed by atoms with Crippen LogP contribution in [0.15, 0.2) is 23.3 Å². The van der Waals surface area contributed by atoms with Crippen LogP contribution >= 0.6 is 0 Å². The monoisotopic (exact) mass is 710 g/mol. The van der Waals surface area contributed by atoms with E-state index in [2.05, 4.69) is 6.92 Å². The van der Waals surface area contributed by atoms with Crippen LogP contribution in [-0.2, 0) is 33.2 Å². The summed E-state index contributed by atoms with van der Waals surface area (Å²) in [6.07, 6.45) is -4.04. The molecule has 3 aliphatic heterocycles. The summed E-state index contributed by atoms with van der Waals surface area (Å²) in [5.74, 6) is -0.305. The maximum atomic E-state index is 12.6. The van der Waals surface area contributed by atoms with Gasteiger partial charge in [0, 0.05) is 24.2 Å². The number of rotatable bonds is 7. The Hall–Kier alpha value is -1.53. The second-order valence-corrected chi connectivity index (χ2v) is 16.3. The Labute approximate surface area is 291 Å². The highest BCUT2D eigenvalue weighted by atomic mass is 16.7. The lowest BCUT2D eigenvalue weighted by Crippen LogP contribution is -2.73. The van der Waals surface area contributed by atoms with Gasteiger partial charge in [-0.15, -0.1) is 0 Å². The maximum Gasteiger partial charge on any atom is 0.331 e. The topological polar surface area (TPSA) is 214 Å². The molecule has 3 saturated carbocycles. The molecule has 3 heterocycles. The normalized spacial score (nSPS) is 53.5. The Bertz CT molecular complexity index is 1370. The molecule has 282 valence electrons. The van der Waals surface area contributed by atoms with E-state index in [1.807, 2.05) is 13.0 Å². The molecular formula is C36H54O14. The van der Waals surface area contributed by atoms with Crippen LogP contribution in [0.2, 0.25) is 0 Å². The largest absolute Gasteiger partial charge is 0.458 e. The van der Waals surface area contributed by atoms with Gasteiger partial charge in [0.2, 0.25) is 0 Å². The molecule has 0 amide bonds. The number of cyclic esters (lactones) is 1. The molecule has 0 aromatic heterocycles. The summed E-state index contributed by atoms with van der Waals surface area (Å²) in [4.78, 5) is 11.9. The summed E-state index contributed by atoms with van der Waals surface area (Å²) in [6.45, 7) is 5.55. The fourth-order valence-corrected chi connectivity index (χ4v) is 11.0. The van der Waals surface area contributed by atoms with Crippen LogP contribution < -0.4 is 0 Å². The van der Waals surface area contributed by atoms with Crippen molar-refractivity contribution < 1.29 is 69.0 Å². The third-order valence-corrected chi connectivity index (χ3v) is 14.0. The predicted molar refractivity (Wildman–Crippen MR) is 172 cm³/mol. The molecule has 0 radical (unpaired) electrons. The number of methoxy groups -OCH3 is 1. The third-order valence-electron chi connectivity index (χ3n) is 14.0. The minimum atomic E-state index is -1.62. The Balaban J connectivity index is 1.01. The molecule has 17 atom stereocenters. The first-order valence-electron chi connectivity index (χ1n) is 18.1. The van der Waals surface area contributed by atoms with Crippen LogP contribution in [-0.4, -0.2) is 141 Å². The van der Waals surface area contributed by atoms with Crippen molar-refractivity contribution in [2.45, 2.75) is 151 Å². The number of esters is 1. The summed E-state index contributed by atoms with van der Waals surface area (Å²) in [7, 11) is 1.41. The van der Waals surface area contributed by atoms with E-state index in [1.54, 1.807) is 6.92 Å². The Morgan fingerprint density at radius 3 is 2.32 bits per heavy atom. The second kappa shape index (κ2) is 13.1. The van der Waals surface area contributed by atoms with Gasteiger partial charge in [0.05, 0.1) is 24.4 Å². The molecule has 14 heteroatoms. The van der Waals surface area contributed by atoms with Gasteiger partial charge in [0.1, 0.15) is 54.9 Å². The summed E-state index contributed by atoms with van der Waals surface area (Å²) >= 11 is 0. The highest BCUT2D eigenvalue weighted by Crippen LogP contribution is 2.70. The Morgan fingerprint density at radius 1 is 0.900 bits per heavy atom. The van der Waals surface area contributed by atoms with Crippen molar-refractivity contribution in [1.29, 1.82) is 0 Å². The fraction of sp³-hybridized carbons (Fsp3) is 0.861. The molecule has 7 N–H and O–H groups in total. The van der Waals surface area contributed by atoms with E-state index in [0.29, 0.717) is 38.5 Å². The molecule has 0 spiro atoms. The third kappa shape index (κ3) is 5.39. The first-order valence-corrected chi connectivity index (χ1v) is 18.1. The molecule has 50 heavy (non-hydrogen) atoms. The van der Waals surface area contributed by atoms with Gasteiger partial charge in [-0.25, -0.2) is 4.79 Å². The minimum absolute atomic E-state index is 0.134. The van der Waals surface area contributed by atoms with Crippen molar-refractivity contribution in [3.05, 3.63) is 23.3 Å². The van der Waals surface area contributed by atoms with Gasteiger partial charge in [0.25, 0.3) is 0 Å². The zero-order valence-corrected chi connectivity index (χ0v) is 29.2. The summed E-state index contributed by atoms with van der Waals surface area (Å²) in [5.41, 5.74) is -1.92. The van der Waals surface area contributed by atoms with E-state index in [-0.39, 0.29) is 35.9 Å². The first kappa shape index (κ1) is 36.8. The van der Waals surface area contributed by atoms with Gasteiger partial charge in [-0.05, 0) is 81.1 Å². The molecular weight excluding hydrogens is 656 g/mol. The minimum Gasteiger partial charge on any atom is -0.458 e. The number of ether oxygens (including phenoxy) is 6. The zero-order valence-electron chi connectivity index (χ0n) is 29.2. The molecule has 7 rings (SSSR count). The van der Waals surface area contributed by atoms with Crippen LogP contribution in [0.1, 0.15) is 72.1 Å². The second-order valence-electron chi connectivity index (χ2n) is 16.3. The van der Waals surface area contributed by atoms with E-state index in [9.17, 15) is 40.5 Å². The van der Waals surface area contributed by atoms with Crippen LogP contribution in [0.4, 0.5) is 0 Å². The Morgan fingerprint density at radius 2 is 1.64 bits per heavy atom. The Kier molecular flexibility index (Phi) is 9.64. The molecule has 0 aromatic carbocycles. The summed E-state index contributed by atoms with van der Waals surface area (Å²) < 4.78 is 34.9. The molecule has 7 aliphatic rings. The number of aliphatic hydroxyl groups excluding tert-OH is 5. The first-order chi connectivity index (χ1) is 23.6. The van der Waals surface area contributed by atoms with Crippen molar-refractivity contribution in [1.82, 2.24) is 0 Å². The predicted octanol–water partition coefficient (Wildman–Crippen LogP) is -0.0306. The van der Waals surface area contributed by atoms with E-state index >= 15 is 0 Å². The van der Waals surface area contributed by atoms with Crippen LogP contribution in [0.3, 0.4) is 0 Å². The summed E-state index contributed by atoms with van der Waals surface area (Å²) in [5, 5.41) is 76.9. The maximum absolute atomic E-state index is 12.6. The van der Waals surface area contributed by atoms with Gasteiger partial charge >= 0.3 is 5.97 Å². The lowest BCUT2D eigenvalue weighted by atomic mass is 9.41. The number of carbonyl (C=O) groups excluding carboxylic acids is 1. The van der Waals surface area contributed by atoms with Crippen LogP contribution in [0.5, 0.6) is 0 Å². The van der Waals surface area contributed by atoms with Crippen molar-refractivity contribution in [3.63, 3.8) is 0 Å². The zero-order chi connectivity index (χ0) is 36.0. The summed E-state index contributed by atoms with van der Waals surface area (Å²) in [6, 6.07) is 0. The highest BCUT2D eigenvalue weighted by Gasteiger charge is 2.72. The van der Waals surface area contributed by atoms with Crippen LogP contribution in [0.25, 0.3) is 0 Å². The highest BCUT2D eigenvalue weighted by molar-refractivity contribution is 5.86. The SMILES string of the molecule is CO[C@@H]1[C@H](O)[C@H](O[C@H]2CC[C@@]3(C)[C@H](CC[C@]4(O)[C@@H]3CC[C@]3(C)C(C5=CC(=O)OC5)=CC[C@@]34O)C2)O[C@H](C)[C@@H]1O[C@@H]1O[C@H](CO)[C@@H](O)[C@H](O)[C@H]1O. The van der Waals surface area contributed by atoms with Gasteiger partial charge in [0.15, 0.2) is 12.6 Å². The van der Waals surface area contributed by atoms with E-state index in [4.69, 9.17) is 28.4 Å². The molecule has 5 fully saturated rings. The van der Waals surface area contributed by atoms with E-state index < -0.39 is 84.6 Å². The van der Waals surface area contributed by atoms with E-state index in [0.717, 1.165) is 24.0 Å². The average molecular weight is 711 g/mol. The number of carbonyl (C=O) groups is 1. The van der Waals surface area contributed by atoms with Crippen molar-refractivity contribution in [2.75, 3.05) is 20.3 Å². The quantitative estimate of drug-likeness (QED) is 0.137. The molecule has 0 unspecified atom stereocenters. The fourth-order valence-electron chi connectivity index (χ4n) is 11.0. The van der Waals surface area contributed by atoms with Crippen LogP contribution in [0, 0.1) is 22.7 Å². The van der Waals surface area contributed by atoms with E-state index in [1.165, 1.54) is 13.2 Å². The molecule has 14 nitrogen and oxygen atoms in total. The molecule has 0 aromatic rings. The van der Waals surface area contributed by atoms with Gasteiger partial charge in [-0.2, -0.15) is 0 Å². The number of hydrogen-bond acceptors (Lipinski definition) is 14. The lowest BCUT2D eigenvalue weighted by Gasteiger charge is -2.67. The number of hydrogen-bond donors (Lipinski definition) is 7. The van der Waals surface area contributed by atoms with Gasteiger partial charge in [-0.1, -0.05) is 19.9 Å². The average Bonchev–Trinajstić information content (AvgIpc) is 3.63. The number of aliphatic hydroxyl groups is 7. The van der Waals surface area contributed by atoms with Crippen molar-refractivity contribution in [2.24, 2.45) is 22.7 Å². The number of fused-ring (bicyclic) bond motifs is 5. The van der Waals surface area contributed by atoms with Gasteiger partial charge < -0.3 is 64.2 Å². The van der Waals surface area contributed by atoms with Gasteiger partial charge in [-0.3, -0.25) is 0 Å².